The van der Waals surface area contributed by atoms with Crippen molar-refractivity contribution in [1.82, 2.24) is 19.7 Å². The highest BCUT2D eigenvalue weighted by Gasteiger charge is 2.23. The van der Waals surface area contributed by atoms with Crippen molar-refractivity contribution >= 4 is 16.7 Å². The second kappa shape index (κ2) is 8.47. The number of nitrogens with one attached hydrogen (secondary N) is 1. The van der Waals surface area contributed by atoms with E-state index in [0.29, 0.717) is 34.7 Å². The molecule has 0 unspecified atom stereocenters. The highest BCUT2D eigenvalue weighted by atomic mass is 16.5. The van der Waals surface area contributed by atoms with Crippen LogP contribution in [-0.2, 0) is 0 Å². The number of aromatic amines is 1. The molecule has 1 aromatic carbocycles. The van der Waals surface area contributed by atoms with Crippen LogP contribution in [0.1, 0.15) is 43.8 Å². The Morgan fingerprint density at radius 1 is 1.30 bits per heavy atom. The van der Waals surface area contributed by atoms with Crippen molar-refractivity contribution in [2.24, 2.45) is 0 Å². The van der Waals surface area contributed by atoms with Crippen LogP contribution < -0.4 is 15.2 Å². The van der Waals surface area contributed by atoms with Gasteiger partial charge in [-0.3, -0.25) is 9.48 Å². The summed E-state index contributed by atoms with van der Waals surface area (Å²) in [6.07, 6.45) is 5.68. The molecule has 3 aromatic rings. The molecule has 0 bridgehead atoms. The first-order valence-electron chi connectivity index (χ1n) is 10.5. The molecule has 1 aliphatic rings. The Balaban J connectivity index is 1.79. The second-order valence-electron chi connectivity index (χ2n) is 7.96. The first-order valence-corrected chi connectivity index (χ1v) is 10.5. The molecule has 0 radical (unpaired) electrons. The lowest BCUT2D eigenvalue weighted by Crippen LogP contribution is -2.21. The van der Waals surface area contributed by atoms with E-state index in [2.05, 4.69) is 10.1 Å². The van der Waals surface area contributed by atoms with E-state index < -0.39 is 0 Å². The Bertz CT molecular complexity index is 1100. The third kappa shape index (κ3) is 3.67. The first-order chi connectivity index (χ1) is 14.5. The maximum absolute atomic E-state index is 13.1. The molecule has 2 heterocycles. The summed E-state index contributed by atoms with van der Waals surface area (Å²) in [5, 5.41) is 13.9. The normalized spacial score (nSPS) is 14.9. The van der Waals surface area contributed by atoms with E-state index in [4.69, 9.17) is 9.72 Å². The van der Waals surface area contributed by atoms with Gasteiger partial charge in [-0.1, -0.05) is 19.3 Å². The molecule has 160 valence electrons. The molecule has 4 rings (SSSR count). The van der Waals surface area contributed by atoms with Crippen LogP contribution in [-0.4, -0.2) is 52.2 Å². The Hall–Kier alpha value is -2.87. The molecule has 8 heteroatoms. The number of H-pyrrole nitrogens is 1. The van der Waals surface area contributed by atoms with Gasteiger partial charge in [0.25, 0.3) is 5.56 Å². The number of aromatic nitrogens is 4. The standard InChI is InChI=1S/C22H29N5O3/c1-14-19-20(27(25-14)15-7-5-4-6-8-15)22(29)24-21(23-19)17-10-9-16(13-18(17)30-3)26(2)11-12-28/h9-10,13,15,28H,4-8,11-12H2,1-3H3,(H,23,24,29). The van der Waals surface area contributed by atoms with Gasteiger partial charge in [0.15, 0.2) is 5.52 Å². The zero-order chi connectivity index (χ0) is 21.3. The summed E-state index contributed by atoms with van der Waals surface area (Å²) in [5.41, 5.74) is 3.41. The van der Waals surface area contributed by atoms with Gasteiger partial charge in [0.05, 0.1) is 31.0 Å². The number of ether oxygens (including phenoxy) is 1. The summed E-state index contributed by atoms with van der Waals surface area (Å²) in [6, 6.07) is 5.95. The second-order valence-corrected chi connectivity index (χ2v) is 7.96. The third-order valence-corrected chi connectivity index (χ3v) is 5.96. The lowest BCUT2D eigenvalue weighted by atomic mass is 9.95. The quantitative estimate of drug-likeness (QED) is 0.647. The van der Waals surface area contributed by atoms with E-state index in [1.807, 2.05) is 41.8 Å². The SMILES string of the molecule is COc1cc(N(C)CCO)ccc1-c1nc2c(C)nn(C3CCCCC3)c2c(=O)[nH]1. The molecule has 0 aliphatic heterocycles. The minimum atomic E-state index is -0.176. The first kappa shape index (κ1) is 20.4. The lowest BCUT2D eigenvalue weighted by Gasteiger charge is -2.22. The maximum Gasteiger partial charge on any atom is 0.277 e. The number of hydrogen-bond donors (Lipinski definition) is 2. The summed E-state index contributed by atoms with van der Waals surface area (Å²) < 4.78 is 7.47. The van der Waals surface area contributed by atoms with Gasteiger partial charge in [0.1, 0.15) is 17.1 Å². The predicted molar refractivity (Wildman–Crippen MR) is 117 cm³/mol. The van der Waals surface area contributed by atoms with Crippen molar-refractivity contribution in [3.63, 3.8) is 0 Å². The molecule has 1 fully saturated rings. The number of likely N-dealkylation sites (N-methyl/N-ethyl adjacent to an activating group) is 1. The third-order valence-electron chi connectivity index (χ3n) is 5.96. The fourth-order valence-electron chi connectivity index (χ4n) is 4.30. The molecule has 2 aromatic heterocycles. The number of aliphatic hydroxyl groups is 1. The molecule has 8 nitrogen and oxygen atoms in total. The summed E-state index contributed by atoms with van der Waals surface area (Å²) >= 11 is 0. The number of methoxy groups -OCH3 is 1. The van der Waals surface area contributed by atoms with E-state index in [9.17, 15) is 9.90 Å². The van der Waals surface area contributed by atoms with Gasteiger partial charge >= 0.3 is 0 Å². The van der Waals surface area contributed by atoms with Crippen molar-refractivity contribution in [3.05, 3.63) is 34.2 Å². The Morgan fingerprint density at radius 3 is 2.77 bits per heavy atom. The van der Waals surface area contributed by atoms with Gasteiger partial charge in [-0.25, -0.2) is 4.98 Å². The molecule has 0 saturated heterocycles. The predicted octanol–water partition coefficient (Wildman–Crippen LogP) is 3.04. The molecule has 0 atom stereocenters. The number of benzene rings is 1. The topological polar surface area (TPSA) is 96.3 Å². The minimum absolute atomic E-state index is 0.0658. The number of rotatable bonds is 6. The Kier molecular flexibility index (Phi) is 5.76. The van der Waals surface area contributed by atoms with Crippen LogP contribution in [0.2, 0.25) is 0 Å². The van der Waals surface area contributed by atoms with E-state index >= 15 is 0 Å². The Labute approximate surface area is 175 Å². The van der Waals surface area contributed by atoms with Gasteiger partial charge in [0, 0.05) is 25.3 Å². The van der Waals surface area contributed by atoms with Crippen LogP contribution >= 0.6 is 0 Å². The van der Waals surface area contributed by atoms with Crippen molar-refractivity contribution in [3.8, 4) is 17.1 Å². The molecule has 0 spiro atoms. The average molecular weight is 412 g/mol. The summed E-state index contributed by atoms with van der Waals surface area (Å²) in [7, 11) is 3.50. The van der Waals surface area contributed by atoms with E-state index in [-0.39, 0.29) is 18.2 Å². The van der Waals surface area contributed by atoms with Gasteiger partial charge in [-0.15, -0.1) is 0 Å². The number of anilines is 1. The lowest BCUT2D eigenvalue weighted by molar-refractivity contribution is 0.304. The number of hydrogen-bond acceptors (Lipinski definition) is 6. The van der Waals surface area contributed by atoms with Gasteiger partial charge in [0.2, 0.25) is 0 Å². The van der Waals surface area contributed by atoms with Crippen LogP contribution in [0.25, 0.3) is 22.4 Å². The van der Waals surface area contributed by atoms with Crippen molar-refractivity contribution in [1.29, 1.82) is 0 Å². The van der Waals surface area contributed by atoms with Crippen molar-refractivity contribution < 1.29 is 9.84 Å². The monoisotopic (exact) mass is 411 g/mol. The summed E-state index contributed by atoms with van der Waals surface area (Å²) in [4.78, 5) is 22.7. The number of fused-ring (bicyclic) bond motifs is 1. The molecule has 1 aliphatic carbocycles. The van der Waals surface area contributed by atoms with E-state index in [1.54, 1.807) is 7.11 Å². The highest BCUT2D eigenvalue weighted by molar-refractivity contribution is 5.80. The van der Waals surface area contributed by atoms with Gasteiger partial charge in [-0.2, -0.15) is 5.10 Å². The largest absolute Gasteiger partial charge is 0.496 e. The van der Waals surface area contributed by atoms with Gasteiger partial charge in [-0.05, 0) is 31.9 Å². The zero-order valence-electron chi connectivity index (χ0n) is 17.8. The number of nitrogens with zero attached hydrogens (tertiary/aromatic N) is 4. The average Bonchev–Trinajstić information content (AvgIpc) is 3.11. The molecular weight excluding hydrogens is 382 g/mol. The van der Waals surface area contributed by atoms with Crippen LogP contribution in [0, 0.1) is 6.92 Å². The van der Waals surface area contributed by atoms with Crippen LogP contribution in [0.3, 0.4) is 0 Å². The van der Waals surface area contributed by atoms with Gasteiger partial charge < -0.3 is 19.7 Å². The van der Waals surface area contributed by atoms with Crippen LogP contribution in [0.5, 0.6) is 5.75 Å². The fourth-order valence-corrected chi connectivity index (χ4v) is 4.30. The van der Waals surface area contributed by atoms with Crippen LogP contribution in [0.4, 0.5) is 5.69 Å². The molecular formula is C22H29N5O3. The number of aliphatic hydroxyl groups excluding tert-OH is 1. The zero-order valence-corrected chi connectivity index (χ0v) is 17.8. The maximum atomic E-state index is 13.1. The Morgan fingerprint density at radius 2 is 2.07 bits per heavy atom. The number of aryl methyl sites for hydroxylation is 1. The smallest absolute Gasteiger partial charge is 0.277 e. The molecule has 0 amide bonds. The van der Waals surface area contributed by atoms with E-state index in [0.717, 1.165) is 24.2 Å². The minimum Gasteiger partial charge on any atom is -0.496 e. The van der Waals surface area contributed by atoms with Crippen molar-refractivity contribution in [2.75, 3.05) is 32.2 Å². The van der Waals surface area contributed by atoms with Crippen molar-refractivity contribution in [2.45, 2.75) is 45.1 Å². The summed E-state index contributed by atoms with van der Waals surface area (Å²) in [5.74, 6) is 1.07. The highest BCUT2D eigenvalue weighted by Crippen LogP contribution is 2.33. The molecule has 2 N–H and O–H groups in total. The summed E-state index contributed by atoms with van der Waals surface area (Å²) in [6.45, 7) is 2.49. The molecule has 30 heavy (non-hydrogen) atoms. The van der Waals surface area contributed by atoms with Crippen LogP contribution in [0.15, 0.2) is 23.0 Å². The fraction of sp³-hybridized carbons (Fsp3) is 0.500. The molecule has 1 saturated carbocycles. The van der Waals surface area contributed by atoms with E-state index in [1.165, 1.54) is 19.3 Å².